The average molecular weight is 244 g/mol. The monoisotopic (exact) mass is 244 g/mol. The van der Waals surface area contributed by atoms with Crippen molar-refractivity contribution in [3.8, 4) is 6.07 Å². The van der Waals surface area contributed by atoms with Crippen molar-refractivity contribution in [1.82, 2.24) is 0 Å². The lowest BCUT2D eigenvalue weighted by atomic mass is 10.2. The van der Waals surface area contributed by atoms with Gasteiger partial charge in [-0.05, 0) is 30.3 Å². The fourth-order valence-corrected chi connectivity index (χ4v) is 1.67. The predicted octanol–water partition coefficient (Wildman–Crippen LogP) is 3.60. The molecular formula is C14H10F2N2. The Kier molecular flexibility index (Phi) is 3.24. The summed E-state index contributed by atoms with van der Waals surface area (Å²) < 4.78 is 27.1. The third kappa shape index (κ3) is 2.16. The van der Waals surface area contributed by atoms with Crippen LogP contribution < -0.4 is 4.90 Å². The van der Waals surface area contributed by atoms with Crippen LogP contribution in [0, 0.1) is 23.0 Å². The Balaban J connectivity index is 2.41. The van der Waals surface area contributed by atoms with Crippen LogP contribution >= 0.6 is 0 Å². The quantitative estimate of drug-likeness (QED) is 0.807. The first kappa shape index (κ1) is 12.1. The molecule has 2 nitrogen and oxygen atoms in total. The Bertz CT molecular complexity index is 617. The zero-order valence-electron chi connectivity index (χ0n) is 9.69. The van der Waals surface area contributed by atoms with E-state index in [0.717, 1.165) is 0 Å². The molecule has 0 aromatic heterocycles. The minimum atomic E-state index is -0.613. The number of nitrogens with zero attached hydrogens (tertiary/aromatic N) is 2. The van der Waals surface area contributed by atoms with Crippen LogP contribution in [0.1, 0.15) is 5.56 Å². The molecule has 0 heterocycles. The first-order valence-electron chi connectivity index (χ1n) is 5.31. The van der Waals surface area contributed by atoms with Crippen LogP contribution in [0.15, 0.2) is 42.5 Å². The molecule has 90 valence electrons. The van der Waals surface area contributed by atoms with Crippen LogP contribution in [0.5, 0.6) is 0 Å². The van der Waals surface area contributed by atoms with Gasteiger partial charge in [-0.15, -0.1) is 0 Å². The highest BCUT2D eigenvalue weighted by Gasteiger charge is 2.10. The molecule has 2 rings (SSSR count). The van der Waals surface area contributed by atoms with Crippen LogP contribution in [0.3, 0.4) is 0 Å². The number of anilines is 2. The Morgan fingerprint density at radius 2 is 1.78 bits per heavy atom. The molecule has 2 aromatic rings. The number of benzene rings is 2. The van der Waals surface area contributed by atoms with E-state index in [1.165, 1.54) is 23.1 Å². The first-order chi connectivity index (χ1) is 8.63. The summed E-state index contributed by atoms with van der Waals surface area (Å²) in [6, 6.07) is 12.1. The predicted molar refractivity (Wildman–Crippen MR) is 65.6 cm³/mol. The highest BCUT2D eigenvalue weighted by Crippen LogP contribution is 2.27. The second-order valence-electron chi connectivity index (χ2n) is 3.79. The minimum Gasteiger partial charge on any atom is -0.342 e. The van der Waals surface area contributed by atoms with Gasteiger partial charge in [0.25, 0.3) is 0 Å². The van der Waals surface area contributed by atoms with Gasteiger partial charge in [-0.25, -0.2) is 8.78 Å². The summed E-state index contributed by atoms with van der Waals surface area (Å²) in [5, 5.41) is 8.65. The molecule has 0 aliphatic heterocycles. The van der Waals surface area contributed by atoms with Crippen molar-refractivity contribution in [3.63, 3.8) is 0 Å². The smallest absolute Gasteiger partial charge is 0.146 e. The molecule has 4 heteroatoms. The molecule has 0 aliphatic rings. The minimum absolute atomic E-state index is 0.0271. The van der Waals surface area contributed by atoms with Gasteiger partial charge in [-0.3, -0.25) is 0 Å². The normalized spacial score (nSPS) is 9.89. The topological polar surface area (TPSA) is 27.0 Å². The van der Waals surface area contributed by atoms with Gasteiger partial charge in [0.2, 0.25) is 0 Å². The van der Waals surface area contributed by atoms with Crippen LogP contribution in [0.25, 0.3) is 0 Å². The van der Waals surface area contributed by atoms with E-state index in [4.69, 9.17) is 5.26 Å². The summed E-state index contributed by atoms with van der Waals surface area (Å²) >= 11 is 0. The fourth-order valence-electron chi connectivity index (χ4n) is 1.67. The van der Waals surface area contributed by atoms with Gasteiger partial charge in [0, 0.05) is 12.7 Å². The number of nitriles is 1. The fraction of sp³-hybridized carbons (Fsp3) is 0.0714. The van der Waals surface area contributed by atoms with Crippen molar-refractivity contribution in [2.75, 3.05) is 11.9 Å². The summed E-state index contributed by atoms with van der Waals surface area (Å²) in [5.41, 5.74) is 0.805. The zero-order chi connectivity index (χ0) is 13.1. The maximum atomic E-state index is 13.6. The molecule has 0 spiro atoms. The third-order valence-corrected chi connectivity index (χ3v) is 2.67. The molecule has 0 saturated carbocycles. The van der Waals surface area contributed by atoms with Crippen molar-refractivity contribution in [2.45, 2.75) is 0 Å². The van der Waals surface area contributed by atoms with Crippen LogP contribution in [0.4, 0.5) is 20.2 Å². The summed E-state index contributed by atoms with van der Waals surface area (Å²) in [6.07, 6.45) is 0. The van der Waals surface area contributed by atoms with Crippen molar-refractivity contribution < 1.29 is 8.78 Å². The van der Waals surface area contributed by atoms with Crippen molar-refractivity contribution in [3.05, 3.63) is 59.7 Å². The maximum absolute atomic E-state index is 13.6. The lowest BCUT2D eigenvalue weighted by molar-refractivity contribution is 0.621. The molecule has 18 heavy (non-hydrogen) atoms. The lowest BCUT2D eigenvalue weighted by Crippen LogP contribution is -2.11. The van der Waals surface area contributed by atoms with E-state index in [-0.39, 0.29) is 11.4 Å². The zero-order valence-corrected chi connectivity index (χ0v) is 9.69. The second kappa shape index (κ2) is 4.84. The molecule has 2 aromatic carbocycles. The Hall–Kier alpha value is -2.41. The van der Waals surface area contributed by atoms with Crippen LogP contribution in [0.2, 0.25) is 0 Å². The van der Waals surface area contributed by atoms with Gasteiger partial charge >= 0.3 is 0 Å². The molecule has 0 saturated heterocycles. The van der Waals surface area contributed by atoms with E-state index < -0.39 is 5.82 Å². The van der Waals surface area contributed by atoms with Gasteiger partial charge in [0.15, 0.2) is 0 Å². The van der Waals surface area contributed by atoms with Gasteiger partial charge in [0.1, 0.15) is 17.7 Å². The first-order valence-corrected chi connectivity index (χ1v) is 5.31. The molecular weight excluding hydrogens is 234 g/mol. The number of rotatable bonds is 2. The van der Waals surface area contributed by atoms with Gasteiger partial charge in [-0.2, -0.15) is 5.26 Å². The standard InChI is InChI=1S/C14H10F2N2/c1-18(14-5-3-2-4-12(14)15)11-7-6-10(9-17)13(16)8-11/h2-8H,1H3. The SMILES string of the molecule is CN(c1ccc(C#N)c(F)c1)c1ccccc1F. The van der Waals surface area contributed by atoms with Crippen molar-refractivity contribution in [1.29, 1.82) is 5.26 Å². The molecule has 0 N–H and O–H groups in total. The second-order valence-corrected chi connectivity index (χ2v) is 3.79. The molecule has 0 atom stereocenters. The van der Waals surface area contributed by atoms with E-state index in [1.807, 2.05) is 0 Å². The van der Waals surface area contributed by atoms with E-state index in [1.54, 1.807) is 37.4 Å². The maximum Gasteiger partial charge on any atom is 0.146 e. The molecule has 0 bridgehead atoms. The van der Waals surface area contributed by atoms with Crippen molar-refractivity contribution >= 4 is 11.4 Å². The number of hydrogen-bond acceptors (Lipinski definition) is 2. The number of hydrogen-bond donors (Lipinski definition) is 0. The van der Waals surface area contributed by atoms with E-state index in [9.17, 15) is 8.78 Å². The van der Waals surface area contributed by atoms with Gasteiger partial charge in [-0.1, -0.05) is 12.1 Å². The molecule has 0 radical (unpaired) electrons. The molecule has 0 fully saturated rings. The third-order valence-electron chi connectivity index (χ3n) is 2.67. The van der Waals surface area contributed by atoms with E-state index in [2.05, 4.69) is 0 Å². The Labute approximate surface area is 104 Å². The largest absolute Gasteiger partial charge is 0.342 e. The van der Waals surface area contributed by atoms with Gasteiger partial charge < -0.3 is 4.90 Å². The van der Waals surface area contributed by atoms with Crippen molar-refractivity contribution in [2.24, 2.45) is 0 Å². The molecule has 0 amide bonds. The highest BCUT2D eigenvalue weighted by atomic mass is 19.1. The summed E-state index contributed by atoms with van der Waals surface area (Å²) in [4.78, 5) is 1.53. The van der Waals surface area contributed by atoms with E-state index >= 15 is 0 Å². The summed E-state index contributed by atoms with van der Waals surface area (Å²) in [7, 11) is 1.64. The Morgan fingerprint density at radius 3 is 2.39 bits per heavy atom. The Morgan fingerprint density at radius 1 is 1.06 bits per heavy atom. The summed E-state index contributed by atoms with van der Waals surface area (Å²) in [6.45, 7) is 0. The lowest BCUT2D eigenvalue weighted by Gasteiger charge is -2.20. The van der Waals surface area contributed by atoms with Crippen LogP contribution in [-0.4, -0.2) is 7.05 Å². The van der Waals surface area contributed by atoms with E-state index in [0.29, 0.717) is 11.4 Å². The van der Waals surface area contributed by atoms with Gasteiger partial charge in [0.05, 0.1) is 11.3 Å². The molecule has 0 unspecified atom stereocenters. The average Bonchev–Trinajstić information content (AvgIpc) is 2.38. The molecule has 0 aliphatic carbocycles. The van der Waals surface area contributed by atoms with Crippen LogP contribution in [-0.2, 0) is 0 Å². The number of para-hydroxylation sites is 1. The summed E-state index contributed by atoms with van der Waals surface area (Å²) in [5.74, 6) is -0.997. The number of halogens is 2. The highest BCUT2D eigenvalue weighted by molar-refractivity contribution is 5.63.